The molecule has 6 nitrogen and oxygen atoms in total. The molecular weight excluding hydrogens is 455 g/mol. The van der Waals surface area contributed by atoms with Crippen molar-refractivity contribution in [2.75, 3.05) is 18.4 Å². The Morgan fingerprint density at radius 1 is 0.944 bits per heavy atom. The quantitative estimate of drug-likeness (QED) is 0.313. The molecule has 36 heavy (non-hydrogen) atoms. The lowest BCUT2D eigenvalue weighted by Gasteiger charge is -2.30. The molecule has 4 rings (SSSR count). The van der Waals surface area contributed by atoms with Crippen molar-refractivity contribution < 1.29 is 14.0 Å². The van der Waals surface area contributed by atoms with Crippen LogP contribution in [-0.2, 0) is 17.8 Å². The topological polar surface area (TPSA) is 68.4 Å². The number of para-hydroxylation sites is 2. The molecule has 0 atom stereocenters. The number of benzene rings is 3. The number of nitrogens with zero attached hydrogens (tertiary/aromatic N) is 2. The Kier molecular flexibility index (Phi) is 8.00. The molecule has 186 valence electrons. The number of carbonyl (C=O) groups is 2. The van der Waals surface area contributed by atoms with Crippen LogP contribution in [0.3, 0.4) is 0 Å². The van der Waals surface area contributed by atoms with E-state index in [4.69, 9.17) is 0 Å². The van der Waals surface area contributed by atoms with E-state index >= 15 is 0 Å². The maximum Gasteiger partial charge on any atom is 0.322 e. The number of nitrogens with one attached hydrogen (secondary N) is 2. The number of aromatic nitrogens is 1. The predicted molar refractivity (Wildman–Crippen MR) is 141 cm³/mol. The van der Waals surface area contributed by atoms with Gasteiger partial charge < -0.3 is 20.1 Å². The second kappa shape index (κ2) is 11.5. The first-order valence-corrected chi connectivity index (χ1v) is 12.1. The number of H-pyrrole nitrogens is 1. The van der Waals surface area contributed by atoms with Gasteiger partial charge >= 0.3 is 6.03 Å². The van der Waals surface area contributed by atoms with Gasteiger partial charge in [0, 0.05) is 41.9 Å². The second-order valence-corrected chi connectivity index (χ2v) is 9.07. The van der Waals surface area contributed by atoms with Gasteiger partial charge in [0.25, 0.3) is 0 Å². The second-order valence-electron chi connectivity index (χ2n) is 9.07. The zero-order valence-corrected chi connectivity index (χ0v) is 20.6. The van der Waals surface area contributed by atoms with Crippen molar-refractivity contribution in [3.63, 3.8) is 0 Å². The van der Waals surface area contributed by atoms with Crippen LogP contribution in [0.4, 0.5) is 14.9 Å². The Hall–Kier alpha value is -4.13. The summed E-state index contributed by atoms with van der Waals surface area (Å²) in [6.45, 7) is 4.49. The number of carbonyl (C=O) groups excluding carboxylic acids is 2. The summed E-state index contributed by atoms with van der Waals surface area (Å²) in [5.41, 5.74) is 3.66. The van der Waals surface area contributed by atoms with Gasteiger partial charge in [0.05, 0.1) is 0 Å². The average Bonchev–Trinajstić information content (AvgIpc) is 3.29. The molecule has 0 aliphatic heterocycles. The van der Waals surface area contributed by atoms with Gasteiger partial charge in [-0.1, -0.05) is 48.5 Å². The maximum absolute atomic E-state index is 13.5. The van der Waals surface area contributed by atoms with Crippen molar-refractivity contribution in [3.8, 4) is 0 Å². The largest absolute Gasteiger partial charge is 0.361 e. The number of urea groups is 1. The van der Waals surface area contributed by atoms with Gasteiger partial charge in [0.1, 0.15) is 12.4 Å². The summed E-state index contributed by atoms with van der Waals surface area (Å²) < 4.78 is 13.5. The SMILES string of the molecule is CC(C)N(CC(=O)N(CCc1c[nH]c2ccccc12)Cc1ccc(F)cc1)C(=O)Nc1ccccc1. The standard InChI is InChI=1S/C29H31FN4O2/c1-21(2)34(29(36)32-25-8-4-3-5-9-25)20-28(35)33(19-22-12-14-24(30)15-13-22)17-16-23-18-31-27-11-7-6-10-26(23)27/h3-15,18,21,31H,16-17,19-20H2,1-2H3,(H,32,36). The number of halogens is 1. The molecule has 0 fully saturated rings. The summed E-state index contributed by atoms with van der Waals surface area (Å²) in [4.78, 5) is 33.1. The lowest BCUT2D eigenvalue weighted by atomic mass is 10.1. The smallest absolute Gasteiger partial charge is 0.322 e. The summed E-state index contributed by atoms with van der Waals surface area (Å²) in [7, 11) is 0. The van der Waals surface area contributed by atoms with Gasteiger partial charge in [0.15, 0.2) is 0 Å². The third-order valence-electron chi connectivity index (χ3n) is 6.18. The molecule has 3 amide bonds. The molecule has 0 unspecified atom stereocenters. The van der Waals surface area contributed by atoms with Gasteiger partial charge in [-0.25, -0.2) is 9.18 Å². The van der Waals surface area contributed by atoms with Crippen LogP contribution in [0.1, 0.15) is 25.0 Å². The highest BCUT2D eigenvalue weighted by atomic mass is 19.1. The van der Waals surface area contributed by atoms with Gasteiger partial charge in [-0.2, -0.15) is 0 Å². The van der Waals surface area contributed by atoms with E-state index in [0.29, 0.717) is 25.2 Å². The summed E-state index contributed by atoms with van der Waals surface area (Å²) >= 11 is 0. The van der Waals surface area contributed by atoms with Gasteiger partial charge in [-0.05, 0) is 61.7 Å². The van der Waals surface area contributed by atoms with E-state index in [1.807, 2.05) is 56.4 Å². The highest BCUT2D eigenvalue weighted by Gasteiger charge is 2.24. The van der Waals surface area contributed by atoms with Crippen LogP contribution < -0.4 is 5.32 Å². The van der Waals surface area contributed by atoms with Gasteiger partial charge in [-0.3, -0.25) is 4.79 Å². The molecule has 0 bridgehead atoms. The van der Waals surface area contributed by atoms with Crippen LogP contribution in [0, 0.1) is 5.82 Å². The Morgan fingerprint density at radius 2 is 1.64 bits per heavy atom. The first-order chi connectivity index (χ1) is 17.4. The third kappa shape index (κ3) is 6.30. The van der Waals surface area contributed by atoms with Crippen molar-refractivity contribution in [1.82, 2.24) is 14.8 Å². The zero-order valence-electron chi connectivity index (χ0n) is 20.6. The van der Waals surface area contributed by atoms with Gasteiger partial charge in [-0.15, -0.1) is 0 Å². The Bertz CT molecular complexity index is 1300. The van der Waals surface area contributed by atoms with Crippen molar-refractivity contribution in [1.29, 1.82) is 0 Å². The average molecular weight is 487 g/mol. The first-order valence-electron chi connectivity index (χ1n) is 12.1. The number of anilines is 1. The fraction of sp³-hybridized carbons (Fsp3) is 0.241. The lowest BCUT2D eigenvalue weighted by molar-refractivity contribution is -0.132. The predicted octanol–water partition coefficient (Wildman–Crippen LogP) is 5.82. The van der Waals surface area contributed by atoms with Crippen LogP contribution in [-0.4, -0.2) is 45.9 Å². The molecule has 0 saturated heterocycles. The third-order valence-corrected chi connectivity index (χ3v) is 6.18. The van der Waals surface area contributed by atoms with E-state index in [-0.39, 0.29) is 30.3 Å². The van der Waals surface area contributed by atoms with Crippen LogP contribution in [0.25, 0.3) is 10.9 Å². The summed E-state index contributed by atoms with van der Waals surface area (Å²) in [6, 6.07) is 22.9. The van der Waals surface area contributed by atoms with Crippen LogP contribution in [0.15, 0.2) is 85.1 Å². The highest BCUT2D eigenvalue weighted by molar-refractivity contribution is 5.92. The normalized spacial score (nSPS) is 11.0. The molecule has 1 aromatic heterocycles. The fourth-order valence-corrected chi connectivity index (χ4v) is 4.15. The fourth-order valence-electron chi connectivity index (χ4n) is 4.15. The molecule has 3 aromatic carbocycles. The number of hydrogen-bond donors (Lipinski definition) is 2. The monoisotopic (exact) mass is 486 g/mol. The first kappa shape index (κ1) is 25.0. The number of aromatic amines is 1. The Balaban J connectivity index is 1.50. The molecule has 0 spiro atoms. The molecule has 0 aliphatic carbocycles. The van der Waals surface area contributed by atoms with Crippen LogP contribution >= 0.6 is 0 Å². The molecule has 0 radical (unpaired) electrons. The summed E-state index contributed by atoms with van der Waals surface area (Å²) in [5.74, 6) is -0.491. The molecule has 2 N–H and O–H groups in total. The van der Waals surface area contributed by atoms with Crippen molar-refractivity contribution in [2.45, 2.75) is 32.9 Å². The van der Waals surface area contributed by atoms with E-state index in [9.17, 15) is 14.0 Å². The number of fused-ring (bicyclic) bond motifs is 1. The molecule has 4 aromatic rings. The molecular formula is C29H31FN4O2. The minimum Gasteiger partial charge on any atom is -0.361 e. The summed E-state index contributed by atoms with van der Waals surface area (Å²) in [5, 5.41) is 3.99. The Morgan fingerprint density at radius 3 is 2.36 bits per heavy atom. The van der Waals surface area contributed by atoms with E-state index in [1.54, 1.807) is 29.2 Å². The van der Waals surface area contributed by atoms with Crippen molar-refractivity contribution in [3.05, 3.63) is 102 Å². The minimum atomic E-state index is -0.331. The highest BCUT2D eigenvalue weighted by Crippen LogP contribution is 2.19. The Labute approximate surface area is 210 Å². The van der Waals surface area contributed by atoms with Crippen molar-refractivity contribution >= 4 is 28.5 Å². The van der Waals surface area contributed by atoms with E-state index in [2.05, 4.69) is 16.4 Å². The van der Waals surface area contributed by atoms with Crippen LogP contribution in [0.5, 0.6) is 0 Å². The van der Waals surface area contributed by atoms with Crippen LogP contribution in [0.2, 0.25) is 0 Å². The van der Waals surface area contributed by atoms with E-state index in [1.165, 1.54) is 17.0 Å². The minimum absolute atomic E-state index is 0.0641. The van der Waals surface area contributed by atoms with E-state index in [0.717, 1.165) is 22.0 Å². The molecule has 1 heterocycles. The van der Waals surface area contributed by atoms with E-state index < -0.39 is 0 Å². The van der Waals surface area contributed by atoms with Crippen molar-refractivity contribution in [2.24, 2.45) is 0 Å². The number of hydrogen-bond acceptors (Lipinski definition) is 2. The lowest BCUT2D eigenvalue weighted by Crippen LogP contribution is -2.47. The maximum atomic E-state index is 13.5. The number of rotatable bonds is 9. The molecule has 0 saturated carbocycles. The summed E-state index contributed by atoms with van der Waals surface area (Å²) in [6.07, 6.45) is 2.62. The zero-order chi connectivity index (χ0) is 25.5. The molecule has 0 aliphatic rings. The molecule has 7 heteroatoms. The van der Waals surface area contributed by atoms with Gasteiger partial charge in [0.2, 0.25) is 5.91 Å². The number of amides is 3.